The lowest BCUT2D eigenvalue weighted by atomic mass is 9.98. The van der Waals surface area contributed by atoms with Crippen LogP contribution >= 0.6 is 0 Å². The van der Waals surface area contributed by atoms with Gasteiger partial charge in [0, 0.05) is 29.4 Å². The number of carbonyl (C=O) groups excluding carboxylic acids is 3. The molecule has 208 valence electrons. The van der Waals surface area contributed by atoms with Crippen molar-refractivity contribution in [3.63, 3.8) is 0 Å². The lowest BCUT2D eigenvalue weighted by molar-refractivity contribution is -0.147. The molecule has 3 aromatic carbocycles. The van der Waals surface area contributed by atoms with E-state index in [1.807, 2.05) is 72.8 Å². The molecule has 41 heavy (non-hydrogen) atoms. The number of aliphatic carboxylic acids is 1. The second-order valence-corrected chi connectivity index (χ2v) is 10.2. The normalized spacial score (nSPS) is 18.5. The lowest BCUT2D eigenvalue weighted by Gasteiger charge is -2.24. The maximum absolute atomic E-state index is 13.7. The number of rotatable bonds is 7. The van der Waals surface area contributed by atoms with E-state index in [0.29, 0.717) is 10.5 Å². The number of hydrogen-bond donors (Lipinski definition) is 3. The Hall–Kier alpha value is -5.12. The summed E-state index contributed by atoms with van der Waals surface area (Å²) in [6.45, 7) is 1.42. The van der Waals surface area contributed by atoms with Crippen LogP contribution in [0.2, 0.25) is 0 Å². The highest BCUT2D eigenvalue weighted by Gasteiger charge is 2.49. The van der Waals surface area contributed by atoms with Gasteiger partial charge in [0.25, 0.3) is 5.91 Å². The highest BCUT2D eigenvalue weighted by molar-refractivity contribution is 6.02. The first kappa shape index (κ1) is 26.1. The summed E-state index contributed by atoms with van der Waals surface area (Å²) in [6, 6.07) is 20.4. The Morgan fingerprint density at radius 3 is 2.32 bits per heavy atom. The summed E-state index contributed by atoms with van der Waals surface area (Å²) < 4.78 is 10.7. The fourth-order valence-electron chi connectivity index (χ4n) is 5.81. The minimum Gasteiger partial charge on any atom is -0.480 e. The van der Waals surface area contributed by atoms with Gasteiger partial charge in [0.2, 0.25) is 0 Å². The quantitative estimate of drug-likeness (QED) is 0.308. The number of nitrogens with zero attached hydrogens (tertiary/aromatic N) is 1. The fraction of sp³-hybridized carbons (Fsp3) is 0.226. The van der Waals surface area contributed by atoms with Crippen LogP contribution < -0.4 is 5.32 Å². The van der Waals surface area contributed by atoms with Crippen LogP contribution in [-0.2, 0) is 25.5 Å². The molecule has 3 N–H and O–H groups in total. The van der Waals surface area contributed by atoms with E-state index in [-0.39, 0.29) is 18.9 Å². The van der Waals surface area contributed by atoms with Crippen molar-refractivity contribution in [2.45, 2.75) is 37.5 Å². The van der Waals surface area contributed by atoms with Crippen LogP contribution in [0.4, 0.5) is 9.59 Å². The largest absolute Gasteiger partial charge is 0.480 e. The topological polar surface area (TPSA) is 138 Å². The molecule has 1 fully saturated rings. The summed E-state index contributed by atoms with van der Waals surface area (Å²) in [7, 11) is 0. The number of alkyl carbamates (subject to hydrolysis) is 1. The minimum absolute atomic E-state index is 0.0163. The molecule has 1 saturated heterocycles. The Balaban J connectivity index is 1.25. The molecule has 6 rings (SSSR count). The summed E-state index contributed by atoms with van der Waals surface area (Å²) in [6.07, 6.45) is -1.29. The molecule has 0 unspecified atom stereocenters. The standard InChI is InChI=1S/C31H27N3O7/c1-17-27(29(36)37)34(31(39)41-17)28(35)26(14-18-15-32-25-13-7-6-8-19(18)25)33-30(38)40-16-24-22-11-4-2-9-20(22)21-10-3-5-12-23(21)24/h2-13,15,17,24,26-27,32H,14,16H2,1H3,(H,33,38)(H,36,37)/t17-,26-,27+/m0/s1. The Labute approximate surface area is 234 Å². The Bertz CT molecular complexity index is 1630. The van der Waals surface area contributed by atoms with Gasteiger partial charge in [-0.2, -0.15) is 0 Å². The summed E-state index contributed by atoms with van der Waals surface area (Å²) >= 11 is 0. The number of ether oxygens (including phenoxy) is 2. The van der Waals surface area contributed by atoms with Gasteiger partial charge in [0.1, 0.15) is 18.8 Å². The third-order valence-corrected chi connectivity index (χ3v) is 7.73. The van der Waals surface area contributed by atoms with Crippen molar-refractivity contribution in [2.24, 2.45) is 0 Å². The third kappa shape index (κ3) is 4.67. The van der Waals surface area contributed by atoms with Crippen LogP contribution in [-0.4, -0.2) is 63.8 Å². The molecular formula is C31H27N3O7. The van der Waals surface area contributed by atoms with Crippen LogP contribution in [0.25, 0.3) is 22.0 Å². The van der Waals surface area contributed by atoms with Gasteiger partial charge in [-0.3, -0.25) is 4.79 Å². The molecule has 3 atom stereocenters. The number of aromatic amines is 1. The molecule has 1 aliphatic carbocycles. The molecule has 2 heterocycles. The first-order valence-corrected chi connectivity index (χ1v) is 13.3. The van der Waals surface area contributed by atoms with Gasteiger partial charge in [-0.05, 0) is 40.8 Å². The average molecular weight is 554 g/mol. The number of fused-ring (bicyclic) bond motifs is 4. The van der Waals surface area contributed by atoms with Crippen molar-refractivity contribution in [1.82, 2.24) is 15.2 Å². The Kier molecular flexibility index (Phi) is 6.66. The Morgan fingerprint density at radius 1 is 1.00 bits per heavy atom. The predicted molar refractivity (Wildman–Crippen MR) is 148 cm³/mol. The number of benzene rings is 3. The van der Waals surface area contributed by atoms with Crippen molar-refractivity contribution < 1.29 is 33.8 Å². The molecule has 3 amide bonds. The number of cyclic esters (lactones) is 1. The number of aromatic nitrogens is 1. The number of carboxylic acid groups (broad SMARTS) is 1. The van der Waals surface area contributed by atoms with Gasteiger partial charge in [-0.1, -0.05) is 66.7 Å². The molecular weight excluding hydrogens is 526 g/mol. The number of carbonyl (C=O) groups is 4. The lowest BCUT2D eigenvalue weighted by Crippen LogP contribution is -2.55. The van der Waals surface area contributed by atoms with E-state index in [0.717, 1.165) is 33.2 Å². The van der Waals surface area contributed by atoms with Crippen molar-refractivity contribution in [3.8, 4) is 11.1 Å². The van der Waals surface area contributed by atoms with Crippen molar-refractivity contribution in [2.75, 3.05) is 6.61 Å². The fourth-order valence-corrected chi connectivity index (χ4v) is 5.81. The number of amides is 3. The molecule has 10 nitrogen and oxygen atoms in total. The highest BCUT2D eigenvalue weighted by atomic mass is 16.6. The summed E-state index contributed by atoms with van der Waals surface area (Å²) in [5.41, 5.74) is 5.74. The van der Waals surface area contributed by atoms with E-state index in [2.05, 4.69) is 10.3 Å². The number of imide groups is 1. The van der Waals surface area contributed by atoms with Crippen LogP contribution in [0.15, 0.2) is 79.0 Å². The first-order chi connectivity index (χ1) is 19.8. The van der Waals surface area contributed by atoms with Gasteiger partial charge in [-0.15, -0.1) is 0 Å². The zero-order valence-electron chi connectivity index (χ0n) is 22.1. The monoisotopic (exact) mass is 553 g/mol. The predicted octanol–water partition coefficient (Wildman–Crippen LogP) is 4.44. The number of hydrogen-bond acceptors (Lipinski definition) is 6. The second-order valence-electron chi connectivity index (χ2n) is 10.2. The van der Waals surface area contributed by atoms with Crippen molar-refractivity contribution >= 4 is 35.0 Å². The molecule has 2 aliphatic rings. The van der Waals surface area contributed by atoms with E-state index in [1.54, 1.807) is 6.20 Å². The molecule has 0 radical (unpaired) electrons. The maximum Gasteiger partial charge on any atom is 0.417 e. The molecule has 1 aliphatic heterocycles. The molecule has 0 saturated carbocycles. The maximum atomic E-state index is 13.7. The molecule has 4 aromatic rings. The van der Waals surface area contributed by atoms with E-state index in [4.69, 9.17) is 9.47 Å². The smallest absolute Gasteiger partial charge is 0.417 e. The van der Waals surface area contributed by atoms with Gasteiger partial charge in [0.15, 0.2) is 6.04 Å². The van der Waals surface area contributed by atoms with Crippen LogP contribution in [0.3, 0.4) is 0 Å². The number of para-hydroxylation sites is 1. The van der Waals surface area contributed by atoms with Gasteiger partial charge >= 0.3 is 18.2 Å². The molecule has 0 bridgehead atoms. The van der Waals surface area contributed by atoms with Crippen LogP contribution in [0.5, 0.6) is 0 Å². The van der Waals surface area contributed by atoms with E-state index in [9.17, 15) is 24.3 Å². The summed E-state index contributed by atoms with van der Waals surface area (Å²) in [5, 5.41) is 13.1. The first-order valence-electron chi connectivity index (χ1n) is 13.3. The van der Waals surface area contributed by atoms with E-state index < -0.39 is 42.3 Å². The van der Waals surface area contributed by atoms with Crippen molar-refractivity contribution in [3.05, 3.63) is 95.7 Å². The van der Waals surface area contributed by atoms with Gasteiger partial charge < -0.3 is 24.9 Å². The third-order valence-electron chi connectivity index (χ3n) is 7.73. The zero-order valence-corrected chi connectivity index (χ0v) is 22.1. The summed E-state index contributed by atoms with van der Waals surface area (Å²) in [4.78, 5) is 55.0. The minimum atomic E-state index is -1.52. The Morgan fingerprint density at radius 2 is 1.63 bits per heavy atom. The number of nitrogens with one attached hydrogen (secondary N) is 2. The SMILES string of the molecule is C[C@@H]1OC(=O)N(C(=O)[C@H](Cc2c[nH]c3ccccc23)NC(=O)OCC2c3ccccc3-c3ccccc32)[C@H]1C(=O)O. The highest BCUT2D eigenvalue weighted by Crippen LogP contribution is 2.44. The van der Waals surface area contributed by atoms with Gasteiger partial charge in [0.05, 0.1) is 0 Å². The zero-order chi connectivity index (χ0) is 28.7. The number of carboxylic acids is 1. The average Bonchev–Trinajstić information content (AvgIpc) is 3.62. The van der Waals surface area contributed by atoms with Crippen LogP contribution in [0.1, 0.15) is 29.5 Å². The number of H-pyrrole nitrogens is 1. The molecule has 0 spiro atoms. The molecule has 10 heteroatoms. The van der Waals surface area contributed by atoms with E-state index in [1.165, 1.54) is 6.92 Å². The van der Waals surface area contributed by atoms with Crippen molar-refractivity contribution in [1.29, 1.82) is 0 Å². The molecule has 1 aromatic heterocycles. The summed E-state index contributed by atoms with van der Waals surface area (Å²) in [5.74, 6) is -2.48. The van der Waals surface area contributed by atoms with Crippen LogP contribution in [0, 0.1) is 0 Å². The second kappa shape index (κ2) is 10.5. The van der Waals surface area contributed by atoms with E-state index >= 15 is 0 Å². The van der Waals surface area contributed by atoms with Gasteiger partial charge in [-0.25, -0.2) is 19.3 Å².